The first kappa shape index (κ1) is 15.8. The minimum atomic E-state index is -0.0679. The quantitative estimate of drug-likeness (QED) is 0.652. The average Bonchev–Trinajstić information content (AvgIpc) is 3.19. The molecule has 4 heteroatoms. The first-order valence-corrected chi connectivity index (χ1v) is 8.93. The van der Waals surface area contributed by atoms with Crippen LogP contribution in [0.5, 0.6) is 0 Å². The van der Waals surface area contributed by atoms with Gasteiger partial charge in [-0.2, -0.15) is 0 Å². The van der Waals surface area contributed by atoms with Gasteiger partial charge in [0.2, 0.25) is 5.78 Å². The van der Waals surface area contributed by atoms with Gasteiger partial charge in [-0.1, -0.05) is 79.1 Å². The first-order valence-electron chi connectivity index (χ1n) is 8.93. The lowest BCUT2D eigenvalue weighted by Gasteiger charge is -2.20. The fraction of sp³-hybridized carbons (Fsp3) is 0.286. The Morgan fingerprint density at radius 3 is 2.28 bits per heavy atom. The van der Waals surface area contributed by atoms with Crippen molar-refractivity contribution >= 4 is 5.78 Å². The Kier molecular flexibility index (Phi) is 4.42. The fourth-order valence-corrected chi connectivity index (χ4v) is 3.50. The Morgan fingerprint density at radius 1 is 0.880 bits per heavy atom. The van der Waals surface area contributed by atoms with Crippen molar-refractivity contribution in [2.45, 2.75) is 38.1 Å². The topological polar surface area (TPSA) is 47.8 Å². The SMILES string of the molecule is O=C(c1ccc(-c2ccccc2)cc1)c1cn(C2CCCCC2)nn1. The molecule has 1 fully saturated rings. The summed E-state index contributed by atoms with van der Waals surface area (Å²) in [6.45, 7) is 0. The summed E-state index contributed by atoms with van der Waals surface area (Å²) in [7, 11) is 0. The maximum Gasteiger partial charge on any atom is 0.214 e. The van der Waals surface area contributed by atoms with Gasteiger partial charge in [0.05, 0.1) is 12.2 Å². The standard InChI is InChI=1S/C21H21N3O/c25-21(20-15-24(23-22-20)19-9-5-2-6-10-19)18-13-11-17(12-14-18)16-7-3-1-4-8-16/h1,3-4,7-8,11-15,19H,2,5-6,9-10H2. The number of ketones is 1. The van der Waals surface area contributed by atoms with Crippen LogP contribution in [0.15, 0.2) is 60.8 Å². The second-order valence-electron chi connectivity index (χ2n) is 6.65. The fourth-order valence-electron chi connectivity index (χ4n) is 3.50. The zero-order valence-corrected chi connectivity index (χ0v) is 14.1. The minimum Gasteiger partial charge on any atom is -0.287 e. The third-order valence-corrected chi connectivity index (χ3v) is 4.95. The van der Waals surface area contributed by atoms with Crippen molar-refractivity contribution in [3.63, 3.8) is 0 Å². The predicted octanol–water partition coefficient (Wildman–Crippen LogP) is 4.68. The highest BCUT2D eigenvalue weighted by atomic mass is 16.1. The van der Waals surface area contributed by atoms with Crippen LogP contribution in [0.2, 0.25) is 0 Å². The molecule has 0 saturated heterocycles. The number of aromatic nitrogens is 3. The number of nitrogens with zero attached hydrogens (tertiary/aromatic N) is 3. The molecule has 0 unspecified atom stereocenters. The maximum absolute atomic E-state index is 12.7. The van der Waals surface area contributed by atoms with E-state index in [4.69, 9.17) is 0 Å². The summed E-state index contributed by atoms with van der Waals surface area (Å²) in [5, 5.41) is 8.31. The third kappa shape index (κ3) is 3.38. The van der Waals surface area contributed by atoms with Crippen LogP contribution in [0.4, 0.5) is 0 Å². The Bertz CT molecular complexity index is 846. The summed E-state index contributed by atoms with van der Waals surface area (Å²) in [5.41, 5.74) is 3.32. The number of carbonyl (C=O) groups is 1. The van der Waals surface area contributed by atoms with Crippen molar-refractivity contribution in [2.24, 2.45) is 0 Å². The van der Waals surface area contributed by atoms with Crippen molar-refractivity contribution in [3.05, 3.63) is 72.1 Å². The van der Waals surface area contributed by atoms with Gasteiger partial charge in [-0.3, -0.25) is 4.79 Å². The summed E-state index contributed by atoms with van der Waals surface area (Å²) in [4.78, 5) is 12.7. The van der Waals surface area contributed by atoms with Crippen molar-refractivity contribution in [2.75, 3.05) is 0 Å². The summed E-state index contributed by atoms with van der Waals surface area (Å²) in [6, 6.07) is 18.2. The molecule has 0 atom stereocenters. The summed E-state index contributed by atoms with van der Waals surface area (Å²) < 4.78 is 1.88. The van der Waals surface area contributed by atoms with E-state index in [2.05, 4.69) is 22.4 Å². The number of carbonyl (C=O) groups excluding carboxylic acids is 1. The average molecular weight is 331 g/mol. The van der Waals surface area contributed by atoms with E-state index in [1.807, 2.05) is 53.3 Å². The number of benzene rings is 2. The van der Waals surface area contributed by atoms with Gasteiger partial charge in [-0.05, 0) is 24.0 Å². The van der Waals surface area contributed by atoms with E-state index in [1.54, 1.807) is 0 Å². The normalized spacial score (nSPS) is 15.2. The van der Waals surface area contributed by atoms with Crippen LogP contribution in [0.25, 0.3) is 11.1 Å². The van der Waals surface area contributed by atoms with E-state index in [-0.39, 0.29) is 5.78 Å². The number of hydrogen-bond acceptors (Lipinski definition) is 3. The molecule has 4 rings (SSSR count). The highest BCUT2D eigenvalue weighted by Crippen LogP contribution is 2.27. The molecule has 4 nitrogen and oxygen atoms in total. The molecule has 126 valence electrons. The zero-order valence-electron chi connectivity index (χ0n) is 14.1. The molecule has 0 radical (unpaired) electrons. The molecule has 0 bridgehead atoms. The molecule has 1 heterocycles. The van der Waals surface area contributed by atoms with E-state index in [9.17, 15) is 4.79 Å². The molecule has 25 heavy (non-hydrogen) atoms. The first-order chi connectivity index (χ1) is 12.3. The van der Waals surface area contributed by atoms with Gasteiger partial charge in [0, 0.05) is 5.56 Å². The molecule has 1 aromatic heterocycles. The number of rotatable bonds is 4. The van der Waals surface area contributed by atoms with Crippen LogP contribution >= 0.6 is 0 Å². The van der Waals surface area contributed by atoms with E-state index < -0.39 is 0 Å². The van der Waals surface area contributed by atoms with E-state index >= 15 is 0 Å². The van der Waals surface area contributed by atoms with Crippen LogP contribution < -0.4 is 0 Å². The van der Waals surface area contributed by atoms with Crippen molar-refractivity contribution in [3.8, 4) is 11.1 Å². The lowest BCUT2D eigenvalue weighted by Crippen LogP contribution is -2.13. The van der Waals surface area contributed by atoms with Gasteiger partial charge < -0.3 is 0 Å². The molecule has 3 aromatic rings. The van der Waals surface area contributed by atoms with E-state index in [0.29, 0.717) is 17.3 Å². The van der Waals surface area contributed by atoms with Crippen LogP contribution in [0.3, 0.4) is 0 Å². The molecule has 0 aliphatic heterocycles. The van der Waals surface area contributed by atoms with Crippen molar-refractivity contribution < 1.29 is 4.79 Å². The van der Waals surface area contributed by atoms with Crippen LogP contribution in [0.1, 0.15) is 54.2 Å². The van der Waals surface area contributed by atoms with Gasteiger partial charge in [0.1, 0.15) is 0 Å². The largest absolute Gasteiger partial charge is 0.287 e. The molecule has 1 aliphatic rings. The summed E-state index contributed by atoms with van der Waals surface area (Å²) in [5.74, 6) is -0.0679. The lowest BCUT2D eigenvalue weighted by atomic mass is 9.96. The summed E-state index contributed by atoms with van der Waals surface area (Å²) >= 11 is 0. The molecule has 1 aliphatic carbocycles. The van der Waals surface area contributed by atoms with Crippen LogP contribution in [-0.4, -0.2) is 20.8 Å². The van der Waals surface area contributed by atoms with Crippen LogP contribution in [-0.2, 0) is 0 Å². The second-order valence-corrected chi connectivity index (χ2v) is 6.65. The van der Waals surface area contributed by atoms with E-state index in [1.165, 1.54) is 19.3 Å². The van der Waals surface area contributed by atoms with Gasteiger partial charge in [0.25, 0.3) is 0 Å². The second kappa shape index (κ2) is 7.01. The summed E-state index contributed by atoms with van der Waals surface area (Å²) in [6.07, 6.45) is 7.82. The Morgan fingerprint density at radius 2 is 1.56 bits per heavy atom. The molecule has 0 spiro atoms. The van der Waals surface area contributed by atoms with Crippen LogP contribution in [0, 0.1) is 0 Å². The third-order valence-electron chi connectivity index (χ3n) is 4.95. The molecule has 2 aromatic carbocycles. The molecule has 1 saturated carbocycles. The van der Waals surface area contributed by atoms with Gasteiger partial charge >= 0.3 is 0 Å². The van der Waals surface area contributed by atoms with Gasteiger partial charge in [0.15, 0.2) is 5.69 Å². The molecule has 0 N–H and O–H groups in total. The van der Waals surface area contributed by atoms with Gasteiger partial charge in [-0.15, -0.1) is 5.10 Å². The Balaban J connectivity index is 1.52. The van der Waals surface area contributed by atoms with Crippen molar-refractivity contribution in [1.29, 1.82) is 0 Å². The smallest absolute Gasteiger partial charge is 0.214 e. The highest BCUT2D eigenvalue weighted by molar-refractivity contribution is 6.07. The highest BCUT2D eigenvalue weighted by Gasteiger charge is 2.19. The maximum atomic E-state index is 12.7. The molecule has 0 amide bonds. The van der Waals surface area contributed by atoms with Gasteiger partial charge in [-0.25, -0.2) is 4.68 Å². The molecular weight excluding hydrogens is 310 g/mol. The minimum absolute atomic E-state index is 0.0679. The predicted molar refractivity (Wildman–Crippen MR) is 97.5 cm³/mol. The zero-order chi connectivity index (χ0) is 17.1. The van der Waals surface area contributed by atoms with E-state index in [0.717, 1.165) is 24.0 Å². The Hall–Kier alpha value is -2.75. The number of hydrogen-bond donors (Lipinski definition) is 0. The lowest BCUT2D eigenvalue weighted by molar-refractivity contribution is 0.103. The molecular formula is C21H21N3O. The van der Waals surface area contributed by atoms with Crippen molar-refractivity contribution in [1.82, 2.24) is 15.0 Å². The monoisotopic (exact) mass is 331 g/mol. The Labute approximate surface area is 147 Å².